The molecule has 1 aromatic heterocycles. The molecular weight excluding hydrogens is 308 g/mol. The van der Waals surface area contributed by atoms with Gasteiger partial charge in [0, 0.05) is 30.4 Å². The van der Waals surface area contributed by atoms with Crippen molar-refractivity contribution in [1.82, 2.24) is 0 Å². The van der Waals surface area contributed by atoms with Gasteiger partial charge >= 0.3 is 0 Å². The molecule has 2 heterocycles. The van der Waals surface area contributed by atoms with E-state index in [2.05, 4.69) is 5.32 Å². The van der Waals surface area contributed by atoms with Crippen molar-refractivity contribution in [2.24, 2.45) is 0 Å². The van der Waals surface area contributed by atoms with Crippen LogP contribution in [0.2, 0.25) is 0 Å². The fraction of sp³-hybridized carbons (Fsp3) is 0.222. The van der Waals surface area contributed by atoms with Crippen LogP contribution in [0.1, 0.15) is 24.0 Å². The van der Waals surface area contributed by atoms with E-state index in [1.807, 2.05) is 41.9 Å². The molecule has 0 aliphatic carbocycles. The summed E-state index contributed by atoms with van der Waals surface area (Å²) in [5, 5.41) is 6.80. The number of benzene rings is 1. The van der Waals surface area contributed by atoms with Crippen LogP contribution in [-0.4, -0.2) is 18.4 Å². The topological polar surface area (TPSA) is 49.4 Å². The summed E-state index contributed by atoms with van der Waals surface area (Å²) in [5.74, 6) is -0.0346. The van der Waals surface area contributed by atoms with Gasteiger partial charge in [-0.2, -0.15) is 11.3 Å². The number of nitrogens with one attached hydrogen (secondary N) is 1. The summed E-state index contributed by atoms with van der Waals surface area (Å²) >= 11 is 1.59. The van der Waals surface area contributed by atoms with Crippen molar-refractivity contribution in [2.75, 3.05) is 16.8 Å². The zero-order valence-electron chi connectivity index (χ0n) is 12.9. The van der Waals surface area contributed by atoms with E-state index in [9.17, 15) is 9.59 Å². The van der Waals surface area contributed by atoms with Crippen molar-refractivity contribution in [3.8, 4) is 0 Å². The van der Waals surface area contributed by atoms with Gasteiger partial charge in [-0.15, -0.1) is 0 Å². The van der Waals surface area contributed by atoms with Crippen LogP contribution in [0.4, 0.5) is 11.4 Å². The molecule has 0 atom stereocenters. The monoisotopic (exact) mass is 326 g/mol. The van der Waals surface area contributed by atoms with Gasteiger partial charge in [0.15, 0.2) is 0 Å². The lowest BCUT2D eigenvalue weighted by molar-refractivity contribution is -0.117. The van der Waals surface area contributed by atoms with Gasteiger partial charge in [-0.3, -0.25) is 9.59 Å². The zero-order valence-corrected chi connectivity index (χ0v) is 13.7. The lowest BCUT2D eigenvalue weighted by Gasteiger charge is -2.19. The molecule has 1 N–H and O–H groups in total. The third-order valence-electron chi connectivity index (χ3n) is 3.81. The molecule has 5 heteroatoms. The molecule has 4 nitrogen and oxygen atoms in total. The Morgan fingerprint density at radius 3 is 2.91 bits per heavy atom. The smallest absolute Gasteiger partial charge is 0.248 e. The highest BCUT2D eigenvalue weighted by molar-refractivity contribution is 7.08. The number of anilines is 2. The molecule has 1 saturated heterocycles. The molecule has 118 valence electrons. The number of nitrogens with zero attached hydrogens (tertiary/aromatic N) is 1. The summed E-state index contributed by atoms with van der Waals surface area (Å²) in [6.07, 6.45) is 4.78. The Balaban J connectivity index is 1.73. The number of carbonyl (C=O) groups is 2. The molecule has 0 unspecified atom stereocenters. The minimum Gasteiger partial charge on any atom is -0.322 e. The average Bonchev–Trinajstić information content (AvgIpc) is 3.19. The summed E-state index contributed by atoms with van der Waals surface area (Å²) < 4.78 is 0. The van der Waals surface area contributed by atoms with Gasteiger partial charge < -0.3 is 10.2 Å². The Morgan fingerprint density at radius 2 is 2.22 bits per heavy atom. The minimum absolute atomic E-state index is 0.147. The van der Waals surface area contributed by atoms with Crippen molar-refractivity contribution in [3.63, 3.8) is 0 Å². The van der Waals surface area contributed by atoms with Crippen molar-refractivity contribution in [1.29, 1.82) is 0 Å². The van der Waals surface area contributed by atoms with Crippen LogP contribution < -0.4 is 10.2 Å². The Labute approximate surface area is 139 Å². The first-order chi connectivity index (χ1) is 11.1. The molecule has 3 rings (SSSR count). The molecule has 0 bridgehead atoms. The lowest BCUT2D eigenvalue weighted by Crippen LogP contribution is -2.24. The predicted octanol–water partition coefficient (Wildman–Crippen LogP) is 3.84. The van der Waals surface area contributed by atoms with Gasteiger partial charge in [0.05, 0.1) is 0 Å². The summed E-state index contributed by atoms with van der Waals surface area (Å²) in [7, 11) is 0. The van der Waals surface area contributed by atoms with Gasteiger partial charge in [0.2, 0.25) is 11.8 Å². The number of carbonyl (C=O) groups excluding carboxylic acids is 2. The van der Waals surface area contributed by atoms with Crippen molar-refractivity contribution in [2.45, 2.75) is 19.8 Å². The van der Waals surface area contributed by atoms with Crippen LogP contribution in [0, 0.1) is 6.92 Å². The third-order valence-corrected chi connectivity index (χ3v) is 4.51. The second-order valence-corrected chi connectivity index (χ2v) is 6.31. The summed E-state index contributed by atoms with van der Waals surface area (Å²) in [5.41, 5.74) is 3.63. The predicted molar refractivity (Wildman–Crippen MR) is 94.7 cm³/mol. The summed E-state index contributed by atoms with van der Waals surface area (Å²) in [6, 6.07) is 7.61. The van der Waals surface area contributed by atoms with E-state index in [0.717, 1.165) is 29.8 Å². The fourth-order valence-electron chi connectivity index (χ4n) is 2.61. The molecule has 1 aromatic carbocycles. The van der Waals surface area contributed by atoms with E-state index in [0.29, 0.717) is 12.1 Å². The van der Waals surface area contributed by atoms with Crippen molar-refractivity contribution < 1.29 is 9.59 Å². The Bertz CT molecular complexity index is 750. The summed E-state index contributed by atoms with van der Waals surface area (Å²) in [4.78, 5) is 25.7. The highest BCUT2D eigenvalue weighted by Crippen LogP contribution is 2.28. The molecule has 1 aliphatic rings. The zero-order chi connectivity index (χ0) is 16.2. The standard InChI is InChI=1S/C18H18N2O2S/c1-13-4-6-15(11-16(13)20-9-2-3-18(20)22)19-17(21)7-5-14-8-10-23-12-14/h4-8,10-12H,2-3,9H2,1H3,(H,19,21)/b7-5+. The van der Waals surface area contributed by atoms with E-state index in [-0.39, 0.29) is 11.8 Å². The summed E-state index contributed by atoms with van der Waals surface area (Å²) in [6.45, 7) is 2.72. The van der Waals surface area contributed by atoms with Crippen LogP contribution in [0.3, 0.4) is 0 Å². The second-order valence-electron chi connectivity index (χ2n) is 5.53. The molecule has 2 amide bonds. The molecule has 1 aliphatic heterocycles. The number of hydrogen-bond donors (Lipinski definition) is 1. The van der Waals surface area contributed by atoms with Crippen LogP contribution in [0.5, 0.6) is 0 Å². The SMILES string of the molecule is Cc1ccc(NC(=O)/C=C/c2ccsc2)cc1N1CCCC1=O. The van der Waals surface area contributed by atoms with Gasteiger partial charge in [0.1, 0.15) is 0 Å². The molecule has 2 aromatic rings. The van der Waals surface area contributed by atoms with Crippen LogP contribution >= 0.6 is 11.3 Å². The Morgan fingerprint density at radius 1 is 1.35 bits per heavy atom. The first kappa shape index (κ1) is 15.5. The Hall–Kier alpha value is -2.40. The molecule has 23 heavy (non-hydrogen) atoms. The van der Waals surface area contributed by atoms with Crippen molar-refractivity contribution >= 4 is 40.6 Å². The molecular formula is C18H18N2O2S. The van der Waals surface area contributed by atoms with Gasteiger partial charge in [-0.05, 0) is 59.5 Å². The quantitative estimate of drug-likeness (QED) is 0.868. The van der Waals surface area contributed by atoms with Gasteiger partial charge in [-0.25, -0.2) is 0 Å². The highest BCUT2D eigenvalue weighted by Gasteiger charge is 2.23. The third kappa shape index (κ3) is 3.68. The van der Waals surface area contributed by atoms with E-state index < -0.39 is 0 Å². The first-order valence-electron chi connectivity index (χ1n) is 7.56. The van der Waals surface area contributed by atoms with E-state index in [1.165, 1.54) is 6.08 Å². The van der Waals surface area contributed by atoms with Crippen LogP contribution in [-0.2, 0) is 9.59 Å². The largest absolute Gasteiger partial charge is 0.322 e. The maximum absolute atomic E-state index is 12.0. The number of aryl methyl sites for hydroxylation is 1. The van der Waals surface area contributed by atoms with E-state index >= 15 is 0 Å². The second kappa shape index (κ2) is 6.79. The van der Waals surface area contributed by atoms with E-state index in [4.69, 9.17) is 0 Å². The lowest BCUT2D eigenvalue weighted by atomic mass is 10.1. The van der Waals surface area contributed by atoms with Crippen LogP contribution in [0.15, 0.2) is 41.1 Å². The number of thiophene rings is 1. The maximum atomic E-state index is 12.0. The van der Waals surface area contributed by atoms with E-state index in [1.54, 1.807) is 22.3 Å². The van der Waals surface area contributed by atoms with Crippen molar-refractivity contribution in [3.05, 3.63) is 52.2 Å². The number of amides is 2. The molecule has 0 saturated carbocycles. The minimum atomic E-state index is -0.182. The molecule has 1 fully saturated rings. The number of hydrogen-bond acceptors (Lipinski definition) is 3. The molecule has 0 spiro atoms. The first-order valence-corrected chi connectivity index (χ1v) is 8.50. The fourth-order valence-corrected chi connectivity index (χ4v) is 3.24. The maximum Gasteiger partial charge on any atom is 0.248 e. The Kier molecular flexibility index (Phi) is 4.57. The molecule has 0 radical (unpaired) electrons. The average molecular weight is 326 g/mol. The van der Waals surface area contributed by atoms with Crippen LogP contribution in [0.25, 0.3) is 6.08 Å². The van der Waals surface area contributed by atoms with Gasteiger partial charge in [-0.1, -0.05) is 6.07 Å². The number of rotatable bonds is 4. The normalized spacial score (nSPS) is 14.7. The van der Waals surface area contributed by atoms with Gasteiger partial charge in [0.25, 0.3) is 0 Å². The highest BCUT2D eigenvalue weighted by atomic mass is 32.1.